The second-order valence-corrected chi connectivity index (χ2v) is 5.29. The van der Waals surface area contributed by atoms with Crippen molar-refractivity contribution in [3.63, 3.8) is 0 Å². The number of rotatable bonds is 3. The maximum atomic E-state index is 11.3. The van der Waals surface area contributed by atoms with Crippen molar-refractivity contribution in [1.82, 2.24) is 15.3 Å². The molecule has 8 heteroatoms. The van der Waals surface area contributed by atoms with Crippen LogP contribution in [0, 0.1) is 22.0 Å². The van der Waals surface area contributed by atoms with Crippen LogP contribution in [0.5, 0.6) is 5.88 Å². The van der Waals surface area contributed by atoms with E-state index >= 15 is 0 Å². The predicted octanol–water partition coefficient (Wildman–Crippen LogP) is 0.438. The standard InChI is InChI=1S/C12H17N5O3/c1-7-9-4-13-3-8(9)5-16(7)11-10(17(18)19)12(20-2)15-6-14-11/h6-9,13H,3-5H2,1-2H3. The first kappa shape index (κ1) is 13.0. The molecule has 3 unspecified atom stereocenters. The number of hydrogen-bond acceptors (Lipinski definition) is 7. The maximum absolute atomic E-state index is 11.3. The monoisotopic (exact) mass is 279 g/mol. The smallest absolute Gasteiger partial charge is 0.372 e. The Morgan fingerprint density at radius 3 is 2.95 bits per heavy atom. The maximum Gasteiger partial charge on any atom is 0.372 e. The number of fused-ring (bicyclic) bond motifs is 1. The molecule has 0 aromatic carbocycles. The van der Waals surface area contributed by atoms with E-state index < -0.39 is 4.92 Å². The van der Waals surface area contributed by atoms with Crippen LogP contribution in [0.3, 0.4) is 0 Å². The van der Waals surface area contributed by atoms with Crippen LogP contribution < -0.4 is 15.0 Å². The first-order valence-electron chi connectivity index (χ1n) is 6.64. The van der Waals surface area contributed by atoms with Gasteiger partial charge in [0.1, 0.15) is 6.33 Å². The second-order valence-electron chi connectivity index (χ2n) is 5.29. The average molecular weight is 279 g/mol. The highest BCUT2D eigenvalue weighted by Gasteiger charge is 2.44. The van der Waals surface area contributed by atoms with Gasteiger partial charge in [0.05, 0.1) is 12.0 Å². The molecule has 0 saturated carbocycles. The normalized spacial score (nSPS) is 28.5. The van der Waals surface area contributed by atoms with Crippen LogP contribution in [-0.4, -0.2) is 47.7 Å². The Balaban J connectivity index is 2.00. The molecule has 108 valence electrons. The van der Waals surface area contributed by atoms with Crippen LogP contribution in [0.4, 0.5) is 11.5 Å². The summed E-state index contributed by atoms with van der Waals surface area (Å²) >= 11 is 0. The zero-order chi connectivity index (χ0) is 14.3. The Morgan fingerprint density at radius 2 is 2.30 bits per heavy atom. The van der Waals surface area contributed by atoms with Crippen LogP contribution >= 0.6 is 0 Å². The van der Waals surface area contributed by atoms with Crippen molar-refractivity contribution in [3.05, 3.63) is 16.4 Å². The number of nitrogens with one attached hydrogen (secondary N) is 1. The van der Waals surface area contributed by atoms with Gasteiger partial charge in [-0.1, -0.05) is 0 Å². The van der Waals surface area contributed by atoms with E-state index in [0.717, 1.165) is 19.6 Å². The lowest BCUT2D eigenvalue weighted by Crippen LogP contribution is -2.34. The van der Waals surface area contributed by atoms with E-state index in [9.17, 15) is 10.1 Å². The van der Waals surface area contributed by atoms with Crippen molar-refractivity contribution >= 4 is 11.5 Å². The van der Waals surface area contributed by atoms with E-state index in [1.165, 1.54) is 13.4 Å². The second kappa shape index (κ2) is 4.86. The molecule has 1 N–H and O–H groups in total. The van der Waals surface area contributed by atoms with Gasteiger partial charge in [-0.15, -0.1) is 0 Å². The summed E-state index contributed by atoms with van der Waals surface area (Å²) in [4.78, 5) is 20.8. The van der Waals surface area contributed by atoms with Crippen molar-refractivity contribution in [2.24, 2.45) is 11.8 Å². The molecule has 3 heterocycles. The summed E-state index contributed by atoms with van der Waals surface area (Å²) in [5, 5.41) is 14.7. The molecule has 0 bridgehead atoms. The molecule has 1 aromatic heterocycles. The van der Waals surface area contributed by atoms with Crippen LogP contribution in [0.25, 0.3) is 0 Å². The molecule has 0 aliphatic carbocycles. The fourth-order valence-electron chi connectivity index (χ4n) is 3.32. The van der Waals surface area contributed by atoms with Gasteiger partial charge in [0.15, 0.2) is 0 Å². The van der Waals surface area contributed by atoms with E-state index in [2.05, 4.69) is 22.2 Å². The van der Waals surface area contributed by atoms with Gasteiger partial charge in [-0.3, -0.25) is 10.1 Å². The summed E-state index contributed by atoms with van der Waals surface area (Å²) in [5.41, 5.74) is -0.144. The number of methoxy groups -OCH3 is 1. The lowest BCUT2D eigenvalue weighted by Gasteiger charge is -2.25. The SMILES string of the molecule is COc1ncnc(N2CC3CNCC3C2C)c1[N+](=O)[O-]. The summed E-state index contributed by atoms with van der Waals surface area (Å²) < 4.78 is 5.00. The van der Waals surface area contributed by atoms with Gasteiger partial charge < -0.3 is 15.0 Å². The summed E-state index contributed by atoms with van der Waals surface area (Å²) in [6.07, 6.45) is 1.32. The van der Waals surface area contributed by atoms with Crippen LogP contribution in [0.15, 0.2) is 6.33 Å². The minimum absolute atomic E-state index is 0.0161. The first-order chi connectivity index (χ1) is 9.63. The highest BCUT2D eigenvalue weighted by atomic mass is 16.6. The van der Waals surface area contributed by atoms with Crippen molar-refractivity contribution in [2.45, 2.75) is 13.0 Å². The van der Waals surface area contributed by atoms with Crippen molar-refractivity contribution in [3.8, 4) is 5.88 Å². The first-order valence-corrected chi connectivity index (χ1v) is 6.64. The molecular weight excluding hydrogens is 262 g/mol. The Bertz CT molecular complexity index is 538. The Labute approximate surface area is 116 Å². The van der Waals surface area contributed by atoms with Crippen molar-refractivity contribution in [2.75, 3.05) is 31.6 Å². The van der Waals surface area contributed by atoms with Gasteiger partial charge in [-0.25, -0.2) is 4.98 Å². The van der Waals surface area contributed by atoms with E-state index in [0.29, 0.717) is 17.7 Å². The number of ether oxygens (including phenoxy) is 1. The topological polar surface area (TPSA) is 93.4 Å². The van der Waals surface area contributed by atoms with Crippen molar-refractivity contribution < 1.29 is 9.66 Å². The predicted molar refractivity (Wildman–Crippen MR) is 71.9 cm³/mol. The minimum Gasteiger partial charge on any atom is -0.476 e. The average Bonchev–Trinajstić information content (AvgIpc) is 3.01. The van der Waals surface area contributed by atoms with Crippen molar-refractivity contribution in [1.29, 1.82) is 0 Å². The highest BCUT2D eigenvalue weighted by Crippen LogP contribution is 2.40. The molecule has 2 aliphatic rings. The zero-order valence-corrected chi connectivity index (χ0v) is 11.4. The molecule has 2 fully saturated rings. The van der Waals surface area contributed by atoms with Gasteiger partial charge in [-0.2, -0.15) is 4.98 Å². The Morgan fingerprint density at radius 1 is 1.50 bits per heavy atom. The number of anilines is 1. The summed E-state index contributed by atoms with van der Waals surface area (Å²) in [6.45, 7) is 4.79. The number of nitrogens with zero attached hydrogens (tertiary/aromatic N) is 4. The third-order valence-corrected chi connectivity index (χ3v) is 4.35. The molecule has 2 saturated heterocycles. The molecule has 0 radical (unpaired) electrons. The highest BCUT2D eigenvalue weighted by molar-refractivity contribution is 5.64. The zero-order valence-electron chi connectivity index (χ0n) is 11.4. The van der Waals surface area contributed by atoms with Crippen LogP contribution in [0.2, 0.25) is 0 Å². The van der Waals surface area contributed by atoms with Gasteiger partial charge >= 0.3 is 5.69 Å². The van der Waals surface area contributed by atoms with Gasteiger partial charge in [-0.05, 0) is 18.8 Å². The van der Waals surface area contributed by atoms with Crippen LogP contribution in [0.1, 0.15) is 6.92 Å². The fraction of sp³-hybridized carbons (Fsp3) is 0.667. The van der Waals surface area contributed by atoms with Crippen LogP contribution in [-0.2, 0) is 0 Å². The third-order valence-electron chi connectivity index (χ3n) is 4.35. The molecular formula is C12H17N5O3. The van der Waals surface area contributed by atoms with Gasteiger partial charge in [0.2, 0.25) is 5.82 Å². The quantitative estimate of drug-likeness (QED) is 0.633. The molecule has 0 spiro atoms. The Hall–Kier alpha value is -1.96. The molecule has 8 nitrogen and oxygen atoms in total. The largest absolute Gasteiger partial charge is 0.476 e. The lowest BCUT2D eigenvalue weighted by molar-refractivity contribution is -0.385. The summed E-state index contributed by atoms with van der Waals surface area (Å²) in [5.74, 6) is 1.41. The number of hydrogen-bond donors (Lipinski definition) is 1. The summed E-state index contributed by atoms with van der Waals surface area (Å²) in [7, 11) is 1.38. The fourth-order valence-corrected chi connectivity index (χ4v) is 3.32. The third kappa shape index (κ3) is 1.87. The van der Waals surface area contributed by atoms with E-state index in [4.69, 9.17) is 4.74 Å². The van der Waals surface area contributed by atoms with Gasteiger partial charge in [0, 0.05) is 25.7 Å². The molecule has 1 aromatic rings. The molecule has 3 atom stereocenters. The number of nitro groups is 1. The lowest BCUT2D eigenvalue weighted by atomic mass is 9.95. The van der Waals surface area contributed by atoms with E-state index in [1.807, 2.05) is 4.90 Å². The molecule has 20 heavy (non-hydrogen) atoms. The summed E-state index contributed by atoms with van der Waals surface area (Å²) in [6, 6.07) is 0.216. The Kier molecular flexibility index (Phi) is 3.17. The molecule has 0 amide bonds. The van der Waals surface area contributed by atoms with E-state index in [-0.39, 0.29) is 17.6 Å². The molecule has 2 aliphatic heterocycles. The van der Waals surface area contributed by atoms with Gasteiger partial charge in [0.25, 0.3) is 5.88 Å². The minimum atomic E-state index is -0.465. The van der Waals surface area contributed by atoms with E-state index in [1.54, 1.807) is 0 Å². The molecule has 3 rings (SSSR count). The number of aromatic nitrogens is 2.